The van der Waals surface area contributed by atoms with Crippen LogP contribution >= 0.6 is 15.9 Å². The van der Waals surface area contributed by atoms with Gasteiger partial charge in [-0.05, 0) is 54.5 Å². The molecule has 1 aliphatic heterocycles. The van der Waals surface area contributed by atoms with E-state index in [1.54, 1.807) is 42.5 Å². The zero-order valence-electron chi connectivity index (χ0n) is 16.6. The summed E-state index contributed by atoms with van der Waals surface area (Å²) in [5, 5.41) is 2.21. The number of carbonyl (C=O) groups is 3. The highest BCUT2D eigenvalue weighted by atomic mass is 79.9. The predicted octanol–water partition coefficient (Wildman–Crippen LogP) is 4.30. The Morgan fingerprint density at radius 3 is 2.47 bits per heavy atom. The molecule has 2 aromatic rings. The molecule has 0 atom stereocenters. The number of hydrogen-bond donors (Lipinski definition) is 1. The molecule has 1 heterocycles. The molecule has 8 heteroatoms. The first-order chi connectivity index (χ1) is 14.4. The smallest absolute Gasteiger partial charge is 0.335 e. The van der Waals surface area contributed by atoms with Crippen molar-refractivity contribution < 1.29 is 23.9 Å². The molecule has 0 unspecified atom stereocenters. The number of barbiturate groups is 1. The summed E-state index contributed by atoms with van der Waals surface area (Å²) in [4.78, 5) is 38.5. The number of anilines is 1. The van der Waals surface area contributed by atoms with E-state index in [0.29, 0.717) is 29.4 Å². The summed E-state index contributed by atoms with van der Waals surface area (Å²) in [6, 6.07) is 11.0. The molecule has 156 valence electrons. The zero-order chi connectivity index (χ0) is 21.7. The Morgan fingerprint density at radius 2 is 1.80 bits per heavy atom. The van der Waals surface area contributed by atoms with E-state index in [4.69, 9.17) is 9.47 Å². The monoisotopic (exact) mass is 472 g/mol. The maximum absolute atomic E-state index is 12.9. The molecule has 0 aromatic heterocycles. The lowest BCUT2D eigenvalue weighted by molar-refractivity contribution is -0.122. The summed E-state index contributed by atoms with van der Waals surface area (Å²) in [7, 11) is 1.52. The number of urea groups is 1. The Hall–Kier alpha value is -3.13. The minimum Gasteiger partial charge on any atom is -0.493 e. The molecule has 4 amide bonds. The van der Waals surface area contributed by atoms with Crippen LogP contribution in [0.1, 0.15) is 25.3 Å². The minimum atomic E-state index is -0.790. The number of rotatable bonds is 7. The summed E-state index contributed by atoms with van der Waals surface area (Å²) in [5.41, 5.74) is 0.772. The van der Waals surface area contributed by atoms with E-state index in [1.165, 1.54) is 13.2 Å². The fraction of sp³-hybridized carbons (Fsp3) is 0.227. The fourth-order valence-electron chi connectivity index (χ4n) is 2.87. The van der Waals surface area contributed by atoms with Gasteiger partial charge >= 0.3 is 6.03 Å². The highest BCUT2D eigenvalue weighted by Gasteiger charge is 2.36. The molecule has 0 saturated carbocycles. The molecule has 3 rings (SSSR count). The average Bonchev–Trinajstić information content (AvgIpc) is 2.73. The standard InChI is InChI=1S/C22H21BrN2O5/c1-3-4-11-30-18-10-5-14(13-19(18)29-2)12-17-20(26)24-22(28)25(21(17)27)16-8-6-15(23)7-9-16/h5-10,12-13H,3-4,11H2,1-2H3,(H,24,26,28)/b17-12+. The molecule has 0 spiro atoms. The van der Waals surface area contributed by atoms with E-state index in [1.807, 2.05) is 0 Å². The van der Waals surface area contributed by atoms with Crippen LogP contribution in [0.4, 0.5) is 10.5 Å². The maximum Gasteiger partial charge on any atom is 0.335 e. The van der Waals surface area contributed by atoms with E-state index in [2.05, 4.69) is 28.2 Å². The first-order valence-corrected chi connectivity index (χ1v) is 10.2. The van der Waals surface area contributed by atoms with Gasteiger partial charge < -0.3 is 9.47 Å². The second kappa shape index (κ2) is 9.58. The summed E-state index contributed by atoms with van der Waals surface area (Å²) < 4.78 is 11.9. The number of nitrogens with one attached hydrogen (secondary N) is 1. The van der Waals surface area contributed by atoms with Crippen LogP contribution < -0.4 is 19.7 Å². The van der Waals surface area contributed by atoms with Crippen molar-refractivity contribution in [3.05, 3.63) is 58.1 Å². The van der Waals surface area contributed by atoms with Gasteiger partial charge in [0.25, 0.3) is 11.8 Å². The van der Waals surface area contributed by atoms with E-state index in [9.17, 15) is 14.4 Å². The second-order valence-electron chi connectivity index (χ2n) is 6.55. The van der Waals surface area contributed by atoms with Crippen LogP contribution in [0.15, 0.2) is 52.5 Å². The molecule has 1 aliphatic rings. The van der Waals surface area contributed by atoms with Crippen LogP contribution in [0.2, 0.25) is 0 Å². The number of nitrogens with zero attached hydrogens (tertiary/aromatic N) is 1. The Balaban J connectivity index is 1.91. The normalized spacial score (nSPS) is 15.4. The Morgan fingerprint density at radius 1 is 1.07 bits per heavy atom. The Labute approximate surface area is 182 Å². The number of halogens is 1. The second-order valence-corrected chi connectivity index (χ2v) is 7.46. The fourth-order valence-corrected chi connectivity index (χ4v) is 3.13. The van der Waals surface area contributed by atoms with Gasteiger partial charge in [0.1, 0.15) is 5.57 Å². The van der Waals surface area contributed by atoms with Crippen LogP contribution in [-0.2, 0) is 9.59 Å². The van der Waals surface area contributed by atoms with Crippen LogP contribution in [0, 0.1) is 0 Å². The predicted molar refractivity (Wildman–Crippen MR) is 117 cm³/mol. The number of imide groups is 2. The van der Waals surface area contributed by atoms with Gasteiger partial charge in [-0.15, -0.1) is 0 Å². The lowest BCUT2D eigenvalue weighted by Crippen LogP contribution is -2.54. The molecule has 2 aromatic carbocycles. The Bertz CT molecular complexity index is 1000. The number of methoxy groups -OCH3 is 1. The first kappa shape index (κ1) is 21.6. The average molecular weight is 473 g/mol. The van der Waals surface area contributed by atoms with Crippen molar-refractivity contribution in [2.45, 2.75) is 19.8 Å². The number of ether oxygens (including phenoxy) is 2. The molecule has 30 heavy (non-hydrogen) atoms. The number of hydrogen-bond acceptors (Lipinski definition) is 5. The van der Waals surface area contributed by atoms with Gasteiger partial charge in [-0.3, -0.25) is 14.9 Å². The summed E-state index contributed by atoms with van der Waals surface area (Å²) in [5.74, 6) is -0.377. The topological polar surface area (TPSA) is 84.9 Å². The molecule has 0 radical (unpaired) electrons. The summed E-state index contributed by atoms with van der Waals surface area (Å²) in [6.45, 7) is 2.64. The van der Waals surface area contributed by atoms with Crippen LogP contribution in [0.3, 0.4) is 0 Å². The molecule has 1 N–H and O–H groups in total. The van der Waals surface area contributed by atoms with Gasteiger partial charge in [0, 0.05) is 4.47 Å². The maximum atomic E-state index is 12.9. The van der Waals surface area contributed by atoms with Gasteiger partial charge in [-0.1, -0.05) is 35.3 Å². The number of unbranched alkanes of at least 4 members (excludes halogenated alkanes) is 1. The molecule has 1 saturated heterocycles. The lowest BCUT2D eigenvalue weighted by Gasteiger charge is -2.26. The van der Waals surface area contributed by atoms with Gasteiger partial charge in [0.15, 0.2) is 11.5 Å². The van der Waals surface area contributed by atoms with Crippen molar-refractivity contribution in [2.24, 2.45) is 0 Å². The zero-order valence-corrected chi connectivity index (χ0v) is 18.2. The van der Waals surface area contributed by atoms with E-state index >= 15 is 0 Å². The third-order valence-corrected chi connectivity index (χ3v) is 4.97. The molecular formula is C22H21BrN2O5. The molecule has 0 bridgehead atoms. The Kier molecular flexibility index (Phi) is 6.89. The largest absolute Gasteiger partial charge is 0.493 e. The van der Waals surface area contributed by atoms with Crippen LogP contribution in [-0.4, -0.2) is 31.6 Å². The van der Waals surface area contributed by atoms with Crippen molar-refractivity contribution >= 4 is 45.5 Å². The minimum absolute atomic E-state index is 0.153. The number of benzene rings is 2. The molecule has 7 nitrogen and oxygen atoms in total. The molecule has 0 aliphatic carbocycles. The lowest BCUT2D eigenvalue weighted by atomic mass is 10.1. The van der Waals surface area contributed by atoms with E-state index < -0.39 is 17.8 Å². The van der Waals surface area contributed by atoms with Crippen molar-refractivity contribution in [3.63, 3.8) is 0 Å². The van der Waals surface area contributed by atoms with Crippen molar-refractivity contribution in [1.29, 1.82) is 0 Å². The van der Waals surface area contributed by atoms with Gasteiger partial charge in [0.05, 0.1) is 19.4 Å². The van der Waals surface area contributed by atoms with Gasteiger partial charge in [0.2, 0.25) is 0 Å². The highest BCUT2D eigenvalue weighted by molar-refractivity contribution is 9.10. The van der Waals surface area contributed by atoms with Crippen molar-refractivity contribution in [1.82, 2.24) is 5.32 Å². The molecular weight excluding hydrogens is 452 g/mol. The van der Waals surface area contributed by atoms with Crippen LogP contribution in [0.25, 0.3) is 6.08 Å². The number of carbonyl (C=O) groups excluding carboxylic acids is 3. The molecule has 1 fully saturated rings. The first-order valence-electron chi connectivity index (χ1n) is 9.42. The van der Waals surface area contributed by atoms with E-state index in [-0.39, 0.29) is 5.57 Å². The highest BCUT2D eigenvalue weighted by Crippen LogP contribution is 2.30. The summed E-state index contributed by atoms with van der Waals surface area (Å²) >= 11 is 3.31. The van der Waals surface area contributed by atoms with Crippen molar-refractivity contribution in [3.8, 4) is 11.5 Å². The summed E-state index contributed by atoms with van der Waals surface area (Å²) in [6.07, 6.45) is 3.36. The van der Waals surface area contributed by atoms with E-state index in [0.717, 1.165) is 22.2 Å². The van der Waals surface area contributed by atoms with Gasteiger partial charge in [-0.2, -0.15) is 0 Å². The van der Waals surface area contributed by atoms with Gasteiger partial charge in [-0.25, -0.2) is 9.69 Å². The number of amides is 4. The van der Waals surface area contributed by atoms with Crippen molar-refractivity contribution in [2.75, 3.05) is 18.6 Å². The quantitative estimate of drug-likeness (QED) is 0.368. The SMILES string of the molecule is CCCCOc1ccc(/C=C2\C(=O)NC(=O)N(c3ccc(Br)cc3)C2=O)cc1OC. The van der Waals surface area contributed by atoms with Crippen LogP contribution in [0.5, 0.6) is 11.5 Å². The third-order valence-electron chi connectivity index (χ3n) is 4.44. The third kappa shape index (κ3) is 4.71.